The molecule has 0 unspecified atom stereocenters. The number of furan rings is 1. The number of phenols is 1. The highest BCUT2D eigenvalue weighted by Crippen LogP contribution is 2.22. The molecule has 0 saturated heterocycles. The van der Waals surface area contributed by atoms with E-state index in [4.69, 9.17) is 9.52 Å². The van der Waals surface area contributed by atoms with E-state index in [1.807, 2.05) is 0 Å². The molecule has 5 nitrogen and oxygen atoms in total. The van der Waals surface area contributed by atoms with Gasteiger partial charge in [0.25, 0.3) is 0 Å². The van der Waals surface area contributed by atoms with Crippen LogP contribution >= 0.6 is 0 Å². The topological polar surface area (TPSA) is 82.7 Å². The second-order valence-electron chi connectivity index (χ2n) is 3.44. The van der Waals surface area contributed by atoms with Crippen LogP contribution in [0.5, 0.6) is 5.75 Å². The van der Waals surface area contributed by atoms with Crippen LogP contribution in [-0.2, 0) is 6.54 Å². The van der Waals surface area contributed by atoms with Gasteiger partial charge in [0.05, 0.1) is 12.2 Å². The molecule has 0 aliphatic heterocycles. The Bertz CT molecular complexity index is 533. The van der Waals surface area contributed by atoms with Crippen molar-refractivity contribution in [1.82, 2.24) is 0 Å². The van der Waals surface area contributed by atoms with Crippen LogP contribution < -0.4 is 5.32 Å². The molecule has 0 amide bonds. The molecular formula is C12H11NO4. The van der Waals surface area contributed by atoms with E-state index in [1.54, 1.807) is 30.3 Å². The number of carboxylic acid groups (broad SMARTS) is 1. The van der Waals surface area contributed by atoms with Crippen LogP contribution in [0.15, 0.2) is 40.8 Å². The van der Waals surface area contributed by atoms with Crippen molar-refractivity contribution in [3.63, 3.8) is 0 Å². The van der Waals surface area contributed by atoms with Crippen molar-refractivity contribution < 1.29 is 19.4 Å². The lowest BCUT2D eigenvalue weighted by Crippen LogP contribution is -1.98. The third kappa shape index (κ3) is 2.57. The number of phenolic OH excluding ortho intramolecular Hbond substituents is 1. The summed E-state index contributed by atoms with van der Waals surface area (Å²) in [5, 5.41) is 21.1. The summed E-state index contributed by atoms with van der Waals surface area (Å²) in [7, 11) is 0. The van der Waals surface area contributed by atoms with Gasteiger partial charge in [0.15, 0.2) is 0 Å². The van der Waals surface area contributed by atoms with Crippen molar-refractivity contribution in [2.75, 3.05) is 5.32 Å². The van der Waals surface area contributed by atoms with E-state index >= 15 is 0 Å². The molecule has 1 heterocycles. The number of carbonyl (C=O) groups is 1. The fourth-order valence-electron chi connectivity index (χ4n) is 1.39. The highest BCUT2D eigenvalue weighted by molar-refractivity contribution is 5.84. The summed E-state index contributed by atoms with van der Waals surface area (Å²) in [5.41, 5.74) is 0.570. The molecule has 0 aliphatic carbocycles. The molecule has 88 valence electrons. The zero-order chi connectivity index (χ0) is 12.3. The normalized spacial score (nSPS) is 10.1. The molecule has 0 spiro atoms. The number of para-hydroxylation sites is 2. The van der Waals surface area contributed by atoms with Crippen LogP contribution in [0.4, 0.5) is 5.69 Å². The second-order valence-corrected chi connectivity index (χ2v) is 3.44. The molecule has 1 aromatic heterocycles. The Kier molecular flexibility index (Phi) is 3.00. The molecule has 0 saturated carbocycles. The Hall–Kier alpha value is -2.43. The first-order chi connectivity index (χ1) is 8.16. The maximum absolute atomic E-state index is 10.6. The van der Waals surface area contributed by atoms with Gasteiger partial charge in [-0.2, -0.15) is 0 Å². The summed E-state index contributed by atoms with van der Waals surface area (Å²) in [5.74, 6) is -0.568. The fourth-order valence-corrected chi connectivity index (χ4v) is 1.39. The highest BCUT2D eigenvalue weighted by atomic mass is 16.4. The Morgan fingerprint density at radius 3 is 2.65 bits per heavy atom. The van der Waals surface area contributed by atoms with E-state index in [-0.39, 0.29) is 11.5 Å². The van der Waals surface area contributed by atoms with Crippen LogP contribution in [0.1, 0.15) is 16.3 Å². The molecular weight excluding hydrogens is 222 g/mol. The molecule has 0 bridgehead atoms. The van der Waals surface area contributed by atoms with E-state index in [0.29, 0.717) is 18.0 Å². The lowest BCUT2D eigenvalue weighted by Gasteiger charge is -2.05. The Labute approximate surface area is 97.3 Å². The van der Waals surface area contributed by atoms with Gasteiger partial charge in [0.2, 0.25) is 5.76 Å². The zero-order valence-electron chi connectivity index (χ0n) is 8.88. The molecule has 2 aromatic rings. The molecule has 0 radical (unpaired) electrons. The number of rotatable bonds is 4. The average molecular weight is 233 g/mol. The Balaban J connectivity index is 2.02. The number of hydrogen-bond acceptors (Lipinski definition) is 4. The van der Waals surface area contributed by atoms with Crippen molar-refractivity contribution in [2.45, 2.75) is 6.54 Å². The van der Waals surface area contributed by atoms with Crippen LogP contribution in [0, 0.1) is 0 Å². The molecule has 0 atom stereocenters. The number of aromatic carboxylic acids is 1. The third-order valence-corrected chi connectivity index (χ3v) is 2.23. The first kappa shape index (κ1) is 11.1. The van der Waals surface area contributed by atoms with E-state index < -0.39 is 5.97 Å². The van der Waals surface area contributed by atoms with Crippen molar-refractivity contribution in [3.05, 3.63) is 47.9 Å². The number of benzene rings is 1. The van der Waals surface area contributed by atoms with Crippen molar-refractivity contribution in [2.24, 2.45) is 0 Å². The van der Waals surface area contributed by atoms with Gasteiger partial charge in [-0.1, -0.05) is 12.1 Å². The minimum absolute atomic E-state index is 0.0981. The van der Waals surface area contributed by atoms with E-state index in [1.165, 1.54) is 6.07 Å². The monoisotopic (exact) mass is 233 g/mol. The summed E-state index contributed by atoms with van der Waals surface area (Å²) < 4.78 is 5.06. The summed E-state index contributed by atoms with van der Waals surface area (Å²) in [6.45, 7) is 0.310. The lowest BCUT2D eigenvalue weighted by molar-refractivity contribution is 0.0660. The van der Waals surface area contributed by atoms with Crippen LogP contribution in [0.2, 0.25) is 0 Å². The minimum Gasteiger partial charge on any atom is -0.506 e. The van der Waals surface area contributed by atoms with Gasteiger partial charge in [0, 0.05) is 0 Å². The Morgan fingerprint density at radius 2 is 2.00 bits per heavy atom. The molecule has 17 heavy (non-hydrogen) atoms. The summed E-state index contributed by atoms with van der Waals surface area (Å²) in [6.07, 6.45) is 0. The fraction of sp³-hybridized carbons (Fsp3) is 0.0833. The number of nitrogens with one attached hydrogen (secondary N) is 1. The predicted molar refractivity (Wildman–Crippen MR) is 61.1 cm³/mol. The predicted octanol–water partition coefficient (Wildman–Crippen LogP) is 2.30. The molecule has 0 fully saturated rings. The lowest BCUT2D eigenvalue weighted by atomic mass is 10.3. The molecule has 2 rings (SSSR count). The number of hydrogen-bond donors (Lipinski definition) is 3. The van der Waals surface area contributed by atoms with Gasteiger partial charge in [-0.3, -0.25) is 0 Å². The van der Waals surface area contributed by atoms with E-state index in [2.05, 4.69) is 5.32 Å². The first-order valence-corrected chi connectivity index (χ1v) is 5.00. The van der Waals surface area contributed by atoms with Crippen molar-refractivity contribution in [1.29, 1.82) is 0 Å². The quantitative estimate of drug-likeness (QED) is 0.706. The van der Waals surface area contributed by atoms with Gasteiger partial charge in [-0.05, 0) is 24.3 Å². The number of anilines is 1. The SMILES string of the molecule is O=C(O)c1ccc(CNc2ccccc2O)o1. The first-order valence-electron chi connectivity index (χ1n) is 5.00. The maximum atomic E-state index is 10.6. The summed E-state index contributed by atoms with van der Waals surface area (Å²) in [6, 6.07) is 9.76. The van der Waals surface area contributed by atoms with Crippen LogP contribution in [0.3, 0.4) is 0 Å². The van der Waals surface area contributed by atoms with Gasteiger partial charge in [-0.25, -0.2) is 4.79 Å². The number of aromatic hydroxyl groups is 1. The molecule has 0 aliphatic rings. The summed E-state index contributed by atoms with van der Waals surface area (Å²) in [4.78, 5) is 10.6. The number of carboxylic acids is 1. The standard InChI is InChI=1S/C12H11NO4/c14-10-4-2-1-3-9(10)13-7-8-5-6-11(17-8)12(15)16/h1-6,13-14H,7H2,(H,15,16). The van der Waals surface area contributed by atoms with Crippen LogP contribution in [-0.4, -0.2) is 16.2 Å². The van der Waals surface area contributed by atoms with E-state index in [0.717, 1.165) is 0 Å². The average Bonchev–Trinajstić information content (AvgIpc) is 2.77. The van der Waals surface area contributed by atoms with Crippen molar-refractivity contribution >= 4 is 11.7 Å². The third-order valence-electron chi connectivity index (χ3n) is 2.23. The van der Waals surface area contributed by atoms with Crippen LogP contribution in [0.25, 0.3) is 0 Å². The molecule has 5 heteroatoms. The molecule has 1 aromatic carbocycles. The smallest absolute Gasteiger partial charge is 0.371 e. The minimum atomic E-state index is -1.10. The largest absolute Gasteiger partial charge is 0.506 e. The van der Waals surface area contributed by atoms with Gasteiger partial charge >= 0.3 is 5.97 Å². The summed E-state index contributed by atoms with van der Waals surface area (Å²) >= 11 is 0. The van der Waals surface area contributed by atoms with Crippen molar-refractivity contribution in [3.8, 4) is 5.75 Å². The van der Waals surface area contributed by atoms with Gasteiger partial charge < -0.3 is 19.9 Å². The highest BCUT2D eigenvalue weighted by Gasteiger charge is 2.08. The van der Waals surface area contributed by atoms with Gasteiger partial charge in [-0.15, -0.1) is 0 Å². The van der Waals surface area contributed by atoms with E-state index in [9.17, 15) is 9.90 Å². The van der Waals surface area contributed by atoms with Gasteiger partial charge in [0.1, 0.15) is 11.5 Å². The Morgan fingerprint density at radius 1 is 1.24 bits per heavy atom. The molecule has 3 N–H and O–H groups in total. The maximum Gasteiger partial charge on any atom is 0.371 e. The second kappa shape index (κ2) is 4.61. The zero-order valence-corrected chi connectivity index (χ0v) is 8.88.